The molecule has 1 heterocycles. The van der Waals surface area contributed by atoms with E-state index in [-0.39, 0.29) is 11.7 Å². The van der Waals surface area contributed by atoms with Crippen LogP contribution in [-0.4, -0.2) is 23.2 Å². The van der Waals surface area contributed by atoms with Gasteiger partial charge in [0.25, 0.3) is 0 Å². The molecule has 0 spiro atoms. The molecule has 0 aromatic carbocycles. The van der Waals surface area contributed by atoms with Crippen LogP contribution in [0.25, 0.3) is 5.57 Å². The molecule has 0 aliphatic heterocycles. The fourth-order valence-electron chi connectivity index (χ4n) is 2.16. The van der Waals surface area contributed by atoms with Crippen molar-refractivity contribution >= 4 is 23.0 Å². The van der Waals surface area contributed by atoms with Crippen molar-refractivity contribution in [2.75, 3.05) is 6.54 Å². The van der Waals surface area contributed by atoms with Crippen molar-refractivity contribution in [1.82, 2.24) is 10.3 Å². The zero-order chi connectivity index (χ0) is 16.3. The molecule has 1 aliphatic carbocycles. The molecule has 0 fully saturated rings. The van der Waals surface area contributed by atoms with Crippen LogP contribution >= 0.6 is 11.3 Å². The summed E-state index contributed by atoms with van der Waals surface area (Å²) in [5.41, 5.74) is 2.63. The first-order valence-corrected chi connectivity index (χ1v) is 8.09. The number of halogens is 1. The van der Waals surface area contributed by atoms with Gasteiger partial charge in [-0.05, 0) is 40.2 Å². The number of carbonyl (C=O) groups excluding carboxylic acids is 1. The molecule has 2 rings (SSSR count). The Morgan fingerprint density at radius 1 is 1.55 bits per heavy atom. The standard InChI is InChI=1S/C16H21FN2O2S/c1-10-14(22-9-19-10)12-6-5-11(7-13(12)17)8-18-15(20)21-16(2,3)4/h6-7,9,11H,5,8H2,1-4H3,(H,18,20). The van der Waals surface area contributed by atoms with Gasteiger partial charge in [0.2, 0.25) is 0 Å². The Bertz CT molecular complexity index is 614. The molecule has 1 N–H and O–H groups in total. The van der Waals surface area contributed by atoms with Crippen LogP contribution in [0.15, 0.2) is 23.5 Å². The highest BCUT2D eigenvalue weighted by Crippen LogP contribution is 2.34. The number of ether oxygens (including phenoxy) is 1. The highest BCUT2D eigenvalue weighted by atomic mass is 32.1. The van der Waals surface area contributed by atoms with E-state index >= 15 is 0 Å². The lowest BCUT2D eigenvalue weighted by Crippen LogP contribution is -2.35. The summed E-state index contributed by atoms with van der Waals surface area (Å²) in [6, 6.07) is 0. The Labute approximate surface area is 134 Å². The van der Waals surface area contributed by atoms with Crippen molar-refractivity contribution in [3.63, 3.8) is 0 Å². The van der Waals surface area contributed by atoms with Gasteiger partial charge in [0, 0.05) is 18.0 Å². The summed E-state index contributed by atoms with van der Waals surface area (Å²) >= 11 is 1.44. The molecular weight excluding hydrogens is 303 g/mol. The average molecular weight is 324 g/mol. The number of thiazole rings is 1. The molecule has 1 aliphatic rings. The van der Waals surface area contributed by atoms with Crippen LogP contribution in [0.3, 0.4) is 0 Å². The quantitative estimate of drug-likeness (QED) is 0.905. The number of aryl methyl sites for hydroxylation is 1. The first-order chi connectivity index (χ1) is 10.3. The maximum atomic E-state index is 14.3. The van der Waals surface area contributed by atoms with Gasteiger partial charge in [-0.25, -0.2) is 14.2 Å². The Kier molecular flexibility index (Phi) is 5.01. The van der Waals surface area contributed by atoms with Crippen LogP contribution in [0, 0.1) is 12.8 Å². The number of amides is 1. The molecule has 22 heavy (non-hydrogen) atoms. The van der Waals surface area contributed by atoms with Crippen LogP contribution in [0.2, 0.25) is 0 Å². The Balaban J connectivity index is 1.92. The second-order valence-electron chi connectivity index (χ2n) is 6.28. The molecule has 0 radical (unpaired) electrons. The van der Waals surface area contributed by atoms with E-state index in [0.29, 0.717) is 18.5 Å². The summed E-state index contributed by atoms with van der Waals surface area (Å²) in [4.78, 5) is 16.6. The third-order valence-corrected chi connectivity index (χ3v) is 4.12. The number of nitrogens with one attached hydrogen (secondary N) is 1. The lowest BCUT2D eigenvalue weighted by Gasteiger charge is -2.22. The number of hydrogen-bond donors (Lipinski definition) is 1. The van der Waals surface area contributed by atoms with E-state index in [9.17, 15) is 9.18 Å². The molecule has 120 valence electrons. The first-order valence-electron chi connectivity index (χ1n) is 7.21. The zero-order valence-corrected chi connectivity index (χ0v) is 14.1. The first kappa shape index (κ1) is 16.7. The molecule has 0 bridgehead atoms. The van der Waals surface area contributed by atoms with Gasteiger partial charge in [0.1, 0.15) is 11.4 Å². The van der Waals surface area contributed by atoms with Crippen LogP contribution in [-0.2, 0) is 4.74 Å². The zero-order valence-electron chi connectivity index (χ0n) is 13.3. The minimum atomic E-state index is -0.533. The molecule has 1 unspecified atom stereocenters. The SMILES string of the molecule is Cc1ncsc1C1=CCC(CNC(=O)OC(C)(C)C)C=C1F. The lowest BCUT2D eigenvalue weighted by atomic mass is 9.94. The van der Waals surface area contributed by atoms with E-state index in [1.54, 1.807) is 32.4 Å². The molecule has 4 nitrogen and oxygen atoms in total. The van der Waals surface area contributed by atoms with E-state index in [0.717, 1.165) is 10.6 Å². The van der Waals surface area contributed by atoms with Gasteiger partial charge in [-0.2, -0.15) is 0 Å². The average Bonchev–Trinajstić information content (AvgIpc) is 2.81. The monoisotopic (exact) mass is 324 g/mol. The Hall–Kier alpha value is -1.69. The van der Waals surface area contributed by atoms with Gasteiger partial charge < -0.3 is 10.1 Å². The van der Waals surface area contributed by atoms with Crippen LogP contribution < -0.4 is 5.32 Å². The largest absolute Gasteiger partial charge is 0.444 e. The van der Waals surface area contributed by atoms with Gasteiger partial charge in [-0.1, -0.05) is 6.08 Å². The van der Waals surface area contributed by atoms with E-state index in [1.165, 1.54) is 11.3 Å². The van der Waals surface area contributed by atoms with Gasteiger partial charge in [-0.15, -0.1) is 11.3 Å². The van der Waals surface area contributed by atoms with Gasteiger partial charge in [0.05, 0.1) is 16.1 Å². The third kappa shape index (κ3) is 4.40. The maximum absolute atomic E-state index is 14.3. The van der Waals surface area contributed by atoms with E-state index in [2.05, 4.69) is 10.3 Å². The van der Waals surface area contributed by atoms with Crippen LogP contribution in [0.1, 0.15) is 37.8 Å². The van der Waals surface area contributed by atoms with Gasteiger partial charge >= 0.3 is 6.09 Å². The van der Waals surface area contributed by atoms with Crippen molar-refractivity contribution in [2.24, 2.45) is 5.92 Å². The molecule has 1 atom stereocenters. The minimum Gasteiger partial charge on any atom is -0.444 e. The van der Waals surface area contributed by atoms with Crippen molar-refractivity contribution < 1.29 is 13.9 Å². The number of aromatic nitrogens is 1. The number of carbonyl (C=O) groups is 1. The van der Waals surface area contributed by atoms with Crippen molar-refractivity contribution in [3.05, 3.63) is 34.1 Å². The van der Waals surface area contributed by atoms with Gasteiger partial charge in [-0.3, -0.25) is 0 Å². The highest BCUT2D eigenvalue weighted by Gasteiger charge is 2.21. The topological polar surface area (TPSA) is 51.2 Å². The number of hydrogen-bond acceptors (Lipinski definition) is 4. The number of allylic oxidation sites excluding steroid dienone is 3. The minimum absolute atomic E-state index is 0.0653. The predicted octanol–water partition coefficient (Wildman–Crippen LogP) is 4.23. The molecule has 1 amide bonds. The summed E-state index contributed by atoms with van der Waals surface area (Å²) in [5.74, 6) is -0.320. The molecule has 0 saturated carbocycles. The molecule has 0 saturated heterocycles. The summed E-state index contributed by atoms with van der Waals surface area (Å²) in [6.45, 7) is 7.64. The van der Waals surface area contributed by atoms with E-state index < -0.39 is 11.7 Å². The summed E-state index contributed by atoms with van der Waals surface area (Å²) in [5, 5.41) is 2.68. The molecular formula is C16H21FN2O2S. The third-order valence-electron chi connectivity index (χ3n) is 3.16. The molecule has 6 heteroatoms. The van der Waals surface area contributed by atoms with Crippen molar-refractivity contribution in [3.8, 4) is 0 Å². The van der Waals surface area contributed by atoms with Gasteiger partial charge in [0.15, 0.2) is 0 Å². The summed E-state index contributed by atoms with van der Waals surface area (Å²) < 4.78 is 19.4. The second kappa shape index (κ2) is 6.60. The fraction of sp³-hybridized carbons (Fsp3) is 0.500. The lowest BCUT2D eigenvalue weighted by molar-refractivity contribution is 0.0522. The summed E-state index contributed by atoms with van der Waals surface area (Å²) in [7, 11) is 0. The Morgan fingerprint density at radius 2 is 2.27 bits per heavy atom. The van der Waals surface area contributed by atoms with E-state index in [4.69, 9.17) is 4.74 Å². The smallest absolute Gasteiger partial charge is 0.407 e. The van der Waals surface area contributed by atoms with Crippen molar-refractivity contribution in [2.45, 2.75) is 39.7 Å². The Morgan fingerprint density at radius 3 is 2.82 bits per heavy atom. The number of alkyl carbamates (subject to hydrolysis) is 1. The predicted molar refractivity (Wildman–Crippen MR) is 86.4 cm³/mol. The van der Waals surface area contributed by atoms with Crippen LogP contribution in [0.4, 0.5) is 9.18 Å². The number of rotatable bonds is 3. The molecule has 1 aromatic heterocycles. The van der Waals surface area contributed by atoms with Crippen LogP contribution in [0.5, 0.6) is 0 Å². The number of nitrogens with zero attached hydrogens (tertiary/aromatic N) is 1. The van der Waals surface area contributed by atoms with Crippen molar-refractivity contribution in [1.29, 1.82) is 0 Å². The highest BCUT2D eigenvalue weighted by molar-refractivity contribution is 7.11. The molecule has 1 aromatic rings. The fourth-order valence-corrected chi connectivity index (χ4v) is 3.01. The summed E-state index contributed by atoms with van der Waals surface area (Å²) in [6.07, 6.45) is 3.63. The second-order valence-corrected chi connectivity index (χ2v) is 7.13. The maximum Gasteiger partial charge on any atom is 0.407 e. The van der Waals surface area contributed by atoms with E-state index in [1.807, 2.05) is 13.0 Å². The normalized spacial score (nSPS) is 18.5.